The minimum absolute atomic E-state index is 0.194. The highest BCUT2D eigenvalue weighted by atomic mass is 35.5. The van der Waals surface area contributed by atoms with Crippen molar-refractivity contribution in [2.45, 2.75) is 91.1 Å². The minimum atomic E-state index is 0.194. The van der Waals surface area contributed by atoms with E-state index in [0.29, 0.717) is 0 Å². The quantitative estimate of drug-likeness (QED) is 0.592. The van der Waals surface area contributed by atoms with Gasteiger partial charge in [0.2, 0.25) is 0 Å². The lowest BCUT2D eigenvalue weighted by Gasteiger charge is -2.13. The van der Waals surface area contributed by atoms with E-state index in [-0.39, 0.29) is 6.04 Å². The molecule has 1 atom stereocenters. The highest BCUT2D eigenvalue weighted by Crippen LogP contribution is 2.22. The van der Waals surface area contributed by atoms with Crippen LogP contribution in [0.2, 0.25) is 5.02 Å². The number of rotatable bonds is 11. The molecule has 1 rings (SSSR count). The normalized spacial score (nSPS) is 12.8. The molecule has 2 N–H and O–H groups in total. The van der Waals surface area contributed by atoms with Crippen LogP contribution in [0.1, 0.15) is 76.6 Å². The number of hydrogen-bond donors (Lipinski definition) is 1. The van der Waals surface area contributed by atoms with Crippen molar-refractivity contribution in [3.8, 4) is 0 Å². The van der Waals surface area contributed by atoms with E-state index in [0.717, 1.165) is 35.8 Å². The highest BCUT2D eigenvalue weighted by Gasteiger charge is 2.15. The Morgan fingerprint density at radius 2 is 1.71 bits per heavy atom. The van der Waals surface area contributed by atoms with E-state index in [1.165, 1.54) is 44.9 Å². The number of unbranched alkanes of at least 4 members (excludes halogenated alkanes) is 6. The minimum Gasteiger partial charge on any atom is -0.327 e. The van der Waals surface area contributed by atoms with Crippen LogP contribution in [-0.4, -0.2) is 15.8 Å². The largest absolute Gasteiger partial charge is 0.327 e. The Kier molecular flexibility index (Phi) is 9.02. The smallest absolute Gasteiger partial charge is 0.0847 e. The Morgan fingerprint density at radius 3 is 2.33 bits per heavy atom. The maximum Gasteiger partial charge on any atom is 0.0847 e. The van der Waals surface area contributed by atoms with Crippen LogP contribution in [0.3, 0.4) is 0 Å². The second-order valence-corrected chi connectivity index (χ2v) is 6.41. The maximum absolute atomic E-state index is 6.33. The van der Waals surface area contributed by atoms with Gasteiger partial charge in [0.05, 0.1) is 16.4 Å². The van der Waals surface area contributed by atoms with Gasteiger partial charge in [0.15, 0.2) is 0 Å². The van der Waals surface area contributed by atoms with Crippen molar-refractivity contribution >= 4 is 11.6 Å². The molecule has 3 nitrogen and oxygen atoms in total. The zero-order chi connectivity index (χ0) is 15.7. The standard InChI is InChI=1S/C17H32ClN3/c1-4-6-7-8-9-10-11-12-15(19)13-16-17(18)14(3)20-21(16)5-2/h15H,4-13,19H2,1-3H3. The first-order valence-electron chi connectivity index (χ1n) is 8.57. The molecule has 1 aromatic rings. The van der Waals surface area contributed by atoms with Gasteiger partial charge in [-0.1, -0.05) is 63.5 Å². The predicted octanol–water partition coefficient (Wildman–Crippen LogP) is 4.88. The Bertz CT molecular complexity index is 401. The highest BCUT2D eigenvalue weighted by molar-refractivity contribution is 6.31. The summed E-state index contributed by atoms with van der Waals surface area (Å²) >= 11 is 6.33. The first kappa shape index (κ1) is 18.5. The van der Waals surface area contributed by atoms with Crippen molar-refractivity contribution in [1.82, 2.24) is 9.78 Å². The molecule has 0 spiro atoms. The summed E-state index contributed by atoms with van der Waals surface area (Å²) in [5.41, 5.74) is 8.29. The van der Waals surface area contributed by atoms with Gasteiger partial charge < -0.3 is 5.73 Å². The zero-order valence-electron chi connectivity index (χ0n) is 14.0. The zero-order valence-corrected chi connectivity index (χ0v) is 14.8. The average Bonchev–Trinajstić information content (AvgIpc) is 2.74. The van der Waals surface area contributed by atoms with Crippen molar-refractivity contribution in [3.05, 3.63) is 16.4 Å². The first-order valence-corrected chi connectivity index (χ1v) is 8.95. The van der Waals surface area contributed by atoms with Crippen LogP contribution < -0.4 is 5.73 Å². The summed E-state index contributed by atoms with van der Waals surface area (Å²) in [4.78, 5) is 0. The summed E-state index contributed by atoms with van der Waals surface area (Å²) in [5.74, 6) is 0. The van der Waals surface area contributed by atoms with Gasteiger partial charge in [-0.25, -0.2) is 0 Å². The molecule has 0 aliphatic rings. The number of halogens is 1. The molecule has 0 aliphatic heterocycles. The lowest BCUT2D eigenvalue weighted by Crippen LogP contribution is -2.24. The molecule has 1 aromatic heterocycles. The third kappa shape index (κ3) is 6.39. The second kappa shape index (κ2) is 10.2. The van der Waals surface area contributed by atoms with Gasteiger partial charge in [-0.05, 0) is 20.3 Å². The Balaban J connectivity index is 2.26. The molecule has 0 saturated heterocycles. The molecule has 1 unspecified atom stereocenters. The number of nitrogens with two attached hydrogens (primary N) is 1. The molecule has 4 heteroatoms. The molecular weight excluding hydrogens is 282 g/mol. The van der Waals surface area contributed by atoms with Crippen LogP contribution in [0.4, 0.5) is 0 Å². The fourth-order valence-electron chi connectivity index (χ4n) is 2.78. The molecule has 21 heavy (non-hydrogen) atoms. The summed E-state index contributed by atoms with van der Waals surface area (Å²) < 4.78 is 1.99. The van der Waals surface area contributed by atoms with Crippen molar-refractivity contribution in [2.75, 3.05) is 0 Å². The van der Waals surface area contributed by atoms with E-state index in [9.17, 15) is 0 Å². The fraction of sp³-hybridized carbons (Fsp3) is 0.824. The number of aromatic nitrogens is 2. The van der Waals surface area contributed by atoms with Crippen molar-refractivity contribution in [3.63, 3.8) is 0 Å². The molecule has 122 valence electrons. The molecule has 0 saturated carbocycles. The third-order valence-electron chi connectivity index (χ3n) is 4.09. The summed E-state index contributed by atoms with van der Waals surface area (Å²) in [6, 6.07) is 0.194. The molecule has 0 amide bonds. The van der Waals surface area contributed by atoms with E-state index in [4.69, 9.17) is 17.3 Å². The summed E-state index contributed by atoms with van der Waals surface area (Å²) in [6.07, 6.45) is 11.2. The predicted molar refractivity (Wildman–Crippen MR) is 91.9 cm³/mol. The third-order valence-corrected chi connectivity index (χ3v) is 4.58. The van der Waals surface area contributed by atoms with Crippen LogP contribution in [-0.2, 0) is 13.0 Å². The van der Waals surface area contributed by atoms with Gasteiger partial charge in [0.1, 0.15) is 0 Å². The van der Waals surface area contributed by atoms with Gasteiger partial charge >= 0.3 is 0 Å². The van der Waals surface area contributed by atoms with Crippen molar-refractivity contribution < 1.29 is 0 Å². The van der Waals surface area contributed by atoms with Gasteiger partial charge in [-0.15, -0.1) is 0 Å². The van der Waals surface area contributed by atoms with Gasteiger partial charge in [-0.3, -0.25) is 4.68 Å². The molecule has 0 aliphatic carbocycles. The van der Waals surface area contributed by atoms with Crippen molar-refractivity contribution in [2.24, 2.45) is 5.73 Å². The Morgan fingerprint density at radius 1 is 1.10 bits per heavy atom. The van der Waals surface area contributed by atoms with Crippen LogP contribution in [0.25, 0.3) is 0 Å². The Hall–Kier alpha value is -0.540. The Labute approximate surface area is 135 Å². The second-order valence-electron chi connectivity index (χ2n) is 6.04. The van der Waals surface area contributed by atoms with Crippen LogP contribution in [0.15, 0.2) is 0 Å². The number of hydrogen-bond acceptors (Lipinski definition) is 2. The maximum atomic E-state index is 6.33. The number of aryl methyl sites for hydroxylation is 2. The lowest BCUT2D eigenvalue weighted by atomic mass is 10.0. The fourth-order valence-corrected chi connectivity index (χ4v) is 2.99. The molecule has 0 fully saturated rings. The van der Waals surface area contributed by atoms with Crippen LogP contribution in [0.5, 0.6) is 0 Å². The van der Waals surface area contributed by atoms with Crippen molar-refractivity contribution in [1.29, 1.82) is 0 Å². The summed E-state index contributed by atoms with van der Waals surface area (Å²) in [7, 11) is 0. The molecule has 1 heterocycles. The average molecular weight is 314 g/mol. The molecular formula is C17H32ClN3. The monoisotopic (exact) mass is 313 g/mol. The van der Waals surface area contributed by atoms with E-state index < -0.39 is 0 Å². The molecule has 0 bridgehead atoms. The van der Waals surface area contributed by atoms with Gasteiger partial charge in [0.25, 0.3) is 0 Å². The number of nitrogens with zero attached hydrogens (tertiary/aromatic N) is 2. The summed E-state index contributed by atoms with van der Waals surface area (Å²) in [6.45, 7) is 7.16. The van der Waals surface area contributed by atoms with Crippen LogP contribution in [0, 0.1) is 6.92 Å². The van der Waals surface area contributed by atoms with E-state index in [1.54, 1.807) is 0 Å². The summed E-state index contributed by atoms with van der Waals surface area (Å²) in [5, 5.41) is 5.25. The van der Waals surface area contributed by atoms with Crippen LogP contribution >= 0.6 is 11.6 Å². The van der Waals surface area contributed by atoms with Gasteiger partial charge in [-0.2, -0.15) is 5.10 Å². The first-order chi connectivity index (χ1) is 10.1. The molecule has 0 aromatic carbocycles. The van der Waals surface area contributed by atoms with E-state index in [1.807, 2.05) is 11.6 Å². The SMILES string of the molecule is CCCCCCCCCC(N)Cc1c(Cl)c(C)nn1CC. The lowest BCUT2D eigenvalue weighted by molar-refractivity contribution is 0.511. The van der Waals surface area contributed by atoms with Gasteiger partial charge in [0, 0.05) is 19.0 Å². The topological polar surface area (TPSA) is 43.8 Å². The molecule has 0 radical (unpaired) electrons. The van der Waals surface area contributed by atoms with E-state index >= 15 is 0 Å². The van der Waals surface area contributed by atoms with E-state index in [2.05, 4.69) is 18.9 Å².